The Morgan fingerprint density at radius 3 is 1.41 bits per heavy atom. The molecule has 6 rings (SSSR count). The summed E-state index contributed by atoms with van der Waals surface area (Å²) < 4.78 is 0. The van der Waals surface area contributed by atoms with Crippen molar-refractivity contribution in [3.8, 4) is 46.5 Å². The maximum absolute atomic E-state index is 9.70. The van der Waals surface area contributed by atoms with E-state index in [1.54, 1.807) is 0 Å². The second kappa shape index (κ2) is 26.4. The number of nitrogens with two attached hydrogens (primary N) is 1. The van der Waals surface area contributed by atoms with Crippen LogP contribution in [0.3, 0.4) is 0 Å². The summed E-state index contributed by atoms with van der Waals surface area (Å²) in [6.45, 7) is 4.57. The van der Waals surface area contributed by atoms with Crippen molar-refractivity contribution in [3.63, 3.8) is 0 Å². The normalized spacial score (nSPS) is 9.73. The molecule has 16 heteroatoms. The van der Waals surface area contributed by atoms with E-state index in [9.17, 15) is 26.0 Å². The molecule has 0 aliphatic rings. The Balaban J connectivity index is 0.000000253. The molecule has 301 valence electrons. The van der Waals surface area contributed by atoms with E-state index in [0.29, 0.717) is 44.8 Å². The summed E-state index contributed by atoms with van der Waals surface area (Å²) in [7, 11) is 9.34. The van der Waals surface area contributed by atoms with Crippen molar-refractivity contribution >= 4 is 61.1 Å². The van der Waals surface area contributed by atoms with Gasteiger partial charge in [0.2, 0.25) is 0 Å². The minimum absolute atomic E-state index is 0.105. The molecule has 0 saturated heterocycles. The monoisotopic (exact) mass is 925 g/mol. The minimum atomic E-state index is 0.105. The average molecular weight is 928 g/mol. The molecule has 0 amide bonds. The summed E-state index contributed by atoms with van der Waals surface area (Å²) >= 11 is 9.69. The van der Waals surface area contributed by atoms with Crippen LogP contribution in [0.4, 0.5) is 5.82 Å². The summed E-state index contributed by atoms with van der Waals surface area (Å²) in [5.41, 5.74) is 9.76. The van der Waals surface area contributed by atoms with Gasteiger partial charge in [0.15, 0.2) is 5.34 Å². The van der Waals surface area contributed by atoms with Crippen LogP contribution in [0.25, 0.3) is 22.3 Å². The first-order chi connectivity index (χ1) is 28.7. The second-order valence-corrected chi connectivity index (χ2v) is 15.9. The molecule has 0 spiro atoms. The van der Waals surface area contributed by atoms with Gasteiger partial charge in [0.05, 0.1) is 16.7 Å². The number of aromatic nitrogens is 2. The van der Waals surface area contributed by atoms with Gasteiger partial charge in [-0.3, -0.25) is 0 Å². The molecule has 0 aliphatic heterocycles. The second-order valence-electron chi connectivity index (χ2n) is 11.9. The van der Waals surface area contributed by atoms with Crippen LogP contribution in [-0.4, -0.2) is 16.6 Å². The molecule has 0 radical (unpaired) electrons. The van der Waals surface area contributed by atoms with E-state index >= 15 is 0 Å². The van der Waals surface area contributed by atoms with Crippen LogP contribution in [-0.2, 0) is 18.0 Å². The summed E-state index contributed by atoms with van der Waals surface area (Å²) in [4.78, 5) is 24.0. The number of benzene rings is 4. The van der Waals surface area contributed by atoms with Gasteiger partial charge in [-0.05, 0) is 47.7 Å². The van der Waals surface area contributed by atoms with Crippen molar-refractivity contribution in [1.82, 2.24) is 9.97 Å². The first kappa shape index (κ1) is 47.8. The van der Waals surface area contributed by atoms with Crippen LogP contribution in [0, 0.1) is 56.1 Å². The Bertz CT molecular complexity index is 2280. The molecular formula is C43H33Cl3CuN8O2S2. The quantitative estimate of drug-likeness (QED) is 0.0453. The molecule has 0 aliphatic carbocycles. The van der Waals surface area contributed by atoms with Gasteiger partial charge in [-0.2, -0.15) is 21.0 Å². The third-order valence-electron chi connectivity index (χ3n) is 7.64. The zero-order valence-electron chi connectivity index (χ0n) is 31.3. The van der Waals surface area contributed by atoms with Crippen LogP contribution in [0.15, 0.2) is 147 Å². The van der Waals surface area contributed by atoms with E-state index in [2.05, 4.69) is 78.5 Å². The number of rotatable bonds is 10. The van der Waals surface area contributed by atoms with Crippen molar-refractivity contribution < 1.29 is 18.0 Å². The third kappa shape index (κ3) is 14.6. The molecule has 6 aromatic rings. The third-order valence-corrected chi connectivity index (χ3v) is 9.91. The predicted molar refractivity (Wildman–Crippen MR) is 232 cm³/mol. The van der Waals surface area contributed by atoms with Gasteiger partial charge in [0.1, 0.15) is 57.5 Å². The van der Waals surface area contributed by atoms with E-state index in [-0.39, 0.29) is 22.1 Å². The molecule has 2 N–H and O–H groups in total. The molecule has 0 fully saturated rings. The number of nitrogen functional groups attached to an aromatic ring is 1. The molecule has 10 nitrogen and oxygen atoms in total. The first-order valence-corrected chi connectivity index (χ1v) is 21.8. The standard InChI is InChI=1S/C19H10ClN3S.C19H12N4S.C5H11NO2.2ClH.Cu/c20-18-15(11-21)17(13-7-3-1-4-8-13)16(12-22)19(23-18)24-14-9-5-2-6-10-14;20-11-15-17(13-7-3-1-4-8-13)16(12-21)19(23-18(15)22)24-14-9-5-2-6-10-14;1-5(2)3-4-8-6-7;;;/h1-10H;1-10H,(H2,22,23);5H,3-4H2,1-2H3;2*1H;/q;;;;;+2/p-2. The van der Waals surface area contributed by atoms with Gasteiger partial charge in [-0.25, -0.2) is 9.97 Å². The van der Waals surface area contributed by atoms with Gasteiger partial charge in [0.25, 0.3) is 0 Å². The van der Waals surface area contributed by atoms with Gasteiger partial charge in [-0.15, -0.1) is 4.91 Å². The number of nitriles is 4. The van der Waals surface area contributed by atoms with Crippen molar-refractivity contribution in [1.29, 1.82) is 21.0 Å². The molecular weight excluding hydrogens is 895 g/mol. The average Bonchev–Trinajstić information content (AvgIpc) is 3.25. The number of nitrogens with zero attached hydrogens (tertiary/aromatic N) is 7. The molecule has 2 heterocycles. The van der Waals surface area contributed by atoms with Gasteiger partial charge in [0, 0.05) is 20.9 Å². The number of anilines is 1. The zero-order valence-corrected chi connectivity index (χ0v) is 36.2. The number of hydrogen-bond acceptors (Lipinski definition) is 12. The topological polar surface area (TPSA) is 186 Å². The zero-order chi connectivity index (χ0) is 43.0. The van der Waals surface area contributed by atoms with E-state index < -0.39 is 0 Å². The number of halogens is 3. The van der Waals surface area contributed by atoms with Crippen molar-refractivity contribution in [2.45, 2.75) is 40.1 Å². The summed E-state index contributed by atoms with van der Waals surface area (Å²) in [5.74, 6) is 0.713. The van der Waals surface area contributed by atoms with E-state index in [0.717, 1.165) is 40.5 Å². The van der Waals surface area contributed by atoms with Crippen molar-refractivity contribution in [2.24, 2.45) is 11.3 Å². The molecule has 0 bridgehead atoms. The molecule has 0 atom stereocenters. The predicted octanol–water partition coefficient (Wildman–Crippen LogP) is 12.6. The summed E-state index contributed by atoms with van der Waals surface area (Å²) in [5, 5.41) is 41.7. The van der Waals surface area contributed by atoms with E-state index in [4.69, 9.17) is 17.3 Å². The fraction of sp³-hybridized carbons (Fsp3) is 0.116. The Kier molecular flexibility index (Phi) is 21.4. The summed E-state index contributed by atoms with van der Waals surface area (Å²) in [6.07, 6.45) is 0.895. The maximum atomic E-state index is 9.70. The van der Waals surface area contributed by atoms with E-state index in [1.807, 2.05) is 121 Å². The Hall–Kier alpha value is -5.57. The van der Waals surface area contributed by atoms with Crippen LogP contribution >= 0.6 is 55.3 Å². The molecule has 0 saturated carbocycles. The fourth-order valence-corrected chi connectivity index (χ4v) is 7.09. The number of hydrogen-bond donors (Lipinski definition) is 1. The van der Waals surface area contributed by atoms with Gasteiger partial charge >= 0.3 is 33.3 Å². The Morgan fingerprint density at radius 1 is 0.661 bits per heavy atom. The van der Waals surface area contributed by atoms with Crippen LogP contribution < -0.4 is 5.73 Å². The Labute approximate surface area is 371 Å². The van der Waals surface area contributed by atoms with Crippen LogP contribution in [0.1, 0.15) is 42.5 Å². The first-order valence-electron chi connectivity index (χ1n) is 17.2. The van der Waals surface area contributed by atoms with Crippen molar-refractivity contribution in [3.05, 3.63) is 154 Å². The SMILES string of the molecule is CC(C)CCON=O.N#Cc1c(Cl)nc(Sc2ccccc2)c(C#N)c1-c1ccccc1.N#Cc1c(N)nc(Sc2ccccc2)c(C#N)c1-c1ccccc1.[Cl][Cu][Cl]. The van der Waals surface area contributed by atoms with Crippen molar-refractivity contribution in [2.75, 3.05) is 12.3 Å². The molecule has 4 aromatic carbocycles. The Morgan fingerprint density at radius 2 is 1.03 bits per heavy atom. The van der Waals surface area contributed by atoms with Gasteiger partial charge in [-0.1, -0.05) is 146 Å². The van der Waals surface area contributed by atoms with Gasteiger partial charge < -0.3 is 10.6 Å². The molecule has 59 heavy (non-hydrogen) atoms. The fourth-order valence-electron chi connectivity index (χ4n) is 5.00. The molecule has 2 aromatic heterocycles. The van der Waals surface area contributed by atoms with Crippen LogP contribution in [0.5, 0.6) is 0 Å². The van der Waals surface area contributed by atoms with Crippen LogP contribution in [0.2, 0.25) is 5.15 Å². The summed E-state index contributed by atoms with van der Waals surface area (Å²) in [6, 6.07) is 46.4. The molecule has 0 unspecified atom stereocenters. The van der Waals surface area contributed by atoms with E-state index in [1.165, 1.54) is 23.5 Å². The number of pyridine rings is 2.